The first-order valence-electron chi connectivity index (χ1n) is 7.59. The fraction of sp³-hybridized carbons (Fsp3) is 0.294. The summed E-state index contributed by atoms with van der Waals surface area (Å²) in [6.07, 6.45) is 1.62. The van der Waals surface area contributed by atoms with Gasteiger partial charge in [0.15, 0.2) is 0 Å². The van der Waals surface area contributed by atoms with Crippen molar-refractivity contribution in [3.63, 3.8) is 0 Å². The van der Waals surface area contributed by atoms with E-state index in [2.05, 4.69) is 5.32 Å². The molecule has 0 atom stereocenters. The molecule has 1 aromatic carbocycles. The van der Waals surface area contributed by atoms with E-state index in [4.69, 9.17) is 11.6 Å². The normalized spacial score (nSPS) is 14.1. The van der Waals surface area contributed by atoms with Gasteiger partial charge in [0.2, 0.25) is 0 Å². The minimum Gasteiger partial charge on any atom is -0.336 e. The third-order valence-corrected chi connectivity index (χ3v) is 4.30. The molecule has 1 aliphatic heterocycles. The number of hydrogen-bond acceptors (Lipinski definition) is 3. The van der Waals surface area contributed by atoms with Crippen molar-refractivity contribution >= 4 is 29.9 Å². The highest BCUT2D eigenvalue weighted by molar-refractivity contribution is 6.31. The number of amides is 1. The summed E-state index contributed by atoms with van der Waals surface area (Å²) in [4.78, 5) is 26.4. The van der Waals surface area contributed by atoms with E-state index < -0.39 is 0 Å². The molecule has 0 bridgehead atoms. The number of aromatic nitrogens is 1. The van der Waals surface area contributed by atoms with Gasteiger partial charge in [0.1, 0.15) is 0 Å². The molecular formula is C17H19Cl2N3O2. The van der Waals surface area contributed by atoms with Gasteiger partial charge in [0, 0.05) is 43.5 Å². The van der Waals surface area contributed by atoms with Gasteiger partial charge in [-0.3, -0.25) is 9.59 Å². The molecule has 1 fully saturated rings. The number of halogens is 2. The van der Waals surface area contributed by atoms with Gasteiger partial charge in [-0.05, 0) is 17.7 Å². The van der Waals surface area contributed by atoms with Gasteiger partial charge < -0.3 is 14.8 Å². The maximum Gasteiger partial charge on any atom is 0.255 e. The molecule has 5 nitrogen and oxygen atoms in total. The average molecular weight is 368 g/mol. The van der Waals surface area contributed by atoms with E-state index in [1.165, 1.54) is 10.6 Å². The maximum absolute atomic E-state index is 12.5. The fourth-order valence-electron chi connectivity index (χ4n) is 2.64. The lowest BCUT2D eigenvalue weighted by Crippen LogP contribution is -2.46. The van der Waals surface area contributed by atoms with E-state index in [1.807, 2.05) is 18.2 Å². The monoisotopic (exact) mass is 367 g/mol. The highest BCUT2D eigenvalue weighted by Crippen LogP contribution is 2.16. The van der Waals surface area contributed by atoms with Crippen molar-refractivity contribution in [2.45, 2.75) is 6.54 Å². The van der Waals surface area contributed by atoms with Crippen molar-refractivity contribution in [2.24, 2.45) is 0 Å². The number of benzene rings is 1. The number of carbonyl (C=O) groups excluding carboxylic acids is 1. The summed E-state index contributed by atoms with van der Waals surface area (Å²) >= 11 is 6.15. The Hall–Kier alpha value is -1.82. The lowest BCUT2D eigenvalue weighted by Gasteiger charge is -2.27. The van der Waals surface area contributed by atoms with Crippen LogP contribution in [0.2, 0.25) is 5.02 Å². The topological polar surface area (TPSA) is 54.3 Å². The molecule has 3 rings (SSSR count). The van der Waals surface area contributed by atoms with Gasteiger partial charge in [-0.1, -0.05) is 29.8 Å². The minimum atomic E-state index is -0.151. The Morgan fingerprint density at radius 2 is 1.83 bits per heavy atom. The second-order valence-corrected chi connectivity index (χ2v) is 5.92. The Balaban J connectivity index is 0.00000208. The Labute approximate surface area is 151 Å². The van der Waals surface area contributed by atoms with Crippen LogP contribution >= 0.6 is 24.0 Å². The Morgan fingerprint density at radius 1 is 1.12 bits per heavy atom. The molecule has 0 aliphatic carbocycles. The molecule has 128 valence electrons. The molecule has 1 aromatic heterocycles. The number of carbonyl (C=O) groups is 1. The summed E-state index contributed by atoms with van der Waals surface area (Å²) in [5.74, 6) is -0.0422. The van der Waals surface area contributed by atoms with E-state index in [9.17, 15) is 9.59 Å². The molecule has 7 heteroatoms. The largest absolute Gasteiger partial charge is 0.336 e. The Bertz CT molecular complexity index is 770. The lowest BCUT2D eigenvalue weighted by atomic mass is 10.2. The van der Waals surface area contributed by atoms with Crippen LogP contribution in [0.3, 0.4) is 0 Å². The zero-order chi connectivity index (χ0) is 16.2. The third-order valence-electron chi connectivity index (χ3n) is 3.93. The predicted molar refractivity (Wildman–Crippen MR) is 97.3 cm³/mol. The highest BCUT2D eigenvalue weighted by Gasteiger charge is 2.18. The number of nitrogens with zero attached hydrogens (tertiary/aromatic N) is 2. The first-order chi connectivity index (χ1) is 11.1. The molecule has 0 radical (unpaired) electrons. The fourth-order valence-corrected chi connectivity index (χ4v) is 2.84. The van der Waals surface area contributed by atoms with Crippen LogP contribution in [0.4, 0.5) is 0 Å². The van der Waals surface area contributed by atoms with E-state index in [-0.39, 0.29) is 23.9 Å². The lowest BCUT2D eigenvalue weighted by molar-refractivity contribution is 0.0735. The third kappa shape index (κ3) is 4.17. The van der Waals surface area contributed by atoms with Crippen LogP contribution in [-0.4, -0.2) is 41.6 Å². The van der Waals surface area contributed by atoms with Crippen LogP contribution in [0, 0.1) is 0 Å². The molecule has 0 unspecified atom stereocenters. The first kappa shape index (κ1) is 18.5. The minimum absolute atomic E-state index is 0. The summed E-state index contributed by atoms with van der Waals surface area (Å²) in [7, 11) is 0. The number of pyridine rings is 1. The van der Waals surface area contributed by atoms with Crippen LogP contribution in [0.1, 0.15) is 15.9 Å². The van der Waals surface area contributed by atoms with Crippen LogP contribution in [0.25, 0.3) is 0 Å². The van der Waals surface area contributed by atoms with Crippen molar-refractivity contribution in [3.05, 3.63) is 69.1 Å². The second kappa shape index (κ2) is 8.33. The number of hydrogen-bond donors (Lipinski definition) is 1. The van der Waals surface area contributed by atoms with Gasteiger partial charge in [-0.2, -0.15) is 0 Å². The Morgan fingerprint density at radius 3 is 2.54 bits per heavy atom. The zero-order valence-corrected chi connectivity index (χ0v) is 14.6. The van der Waals surface area contributed by atoms with Gasteiger partial charge in [0.05, 0.1) is 12.1 Å². The molecule has 2 heterocycles. The number of rotatable bonds is 3. The summed E-state index contributed by atoms with van der Waals surface area (Å²) in [5.41, 5.74) is 1.23. The molecule has 1 saturated heterocycles. The molecule has 1 aliphatic rings. The summed E-state index contributed by atoms with van der Waals surface area (Å²) in [6, 6.07) is 10.4. The molecule has 24 heavy (non-hydrogen) atoms. The molecule has 0 spiro atoms. The van der Waals surface area contributed by atoms with E-state index in [0.717, 1.165) is 18.7 Å². The quantitative estimate of drug-likeness (QED) is 0.902. The smallest absolute Gasteiger partial charge is 0.255 e. The van der Waals surface area contributed by atoms with Crippen LogP contribution in [0.5, 0.6) is 0 Å². The van der Waals surface area contributed by atoms with E-state index in [0.29, 0.717) is 30.2 Å². The molecule has 1 N–H and O–H groups in total. The van der Waals surface area contributed by atoms with Crippen molar-refractivity contribution in [1.29, 1.82) is 0 Å². The van der Waals surface area contributed by atoms with Crippen molar-refractivity contribution < 1.29 is 4.79 Å². The number of nitrogens with one attached hydrogen (secondary N) is 1. The van der Waals surface area contributed by atoms with Gasteiger partial charge in [-0.25, -0.2) is 0 Å². The Kier molecular flexibility index (Phi) is 6.43. The van der Waals surface area contributed by atoms with Crippen LogP contribution in [0.15, 0.2) is 47.4 Å². The second-order valence-electron chi connectivity index (χ2n) is 5.52. The van der Waals surface area contributed by atoms with E-state index in [1.54, 1.807) is 23.2 Å². The summed E-state index contributed by atoms with van der Waals surface area (Å²) in [5, 5.41) is 3.83. The summed E-state index contributed by atoms with van der Waals surface area (Å²) in [6.45, 7) is 3.31. The standard InChI is InChI=1S/C17H18ClN3O2.ClH/c18-15-4-2-1-3-13(15)11-21-12-14(5-6-16(21)22)17(23)20-9-7-19-8-10-20;/h1-6,12,19H,7-11H2;1H. The zero-order valence-electron chi connectivity index (χ0n) is 13.1. The van der Waals surface area contributed by atoms with E-state index >= 15 is 0 Å². The predicted octanol–water partition coefficient (Wildman–Crippen LogP) is 2.02. The van der Waals surface area contributed by atoms with Gasteiger partial charge in [0.25, 0.3) is 11.5 Å². The first-order valence-corrected chi connectivity index (χ1v) is 7.97. The van der Waals surface area contributed by atoms with Crippen LogP contribution in [-0.2, 0) is 6.54 Å². The van der Waals surface area contributed by atoms with Crippen molar-refractivity contribution in [2.75, 3.05) is 26.2 Å². The SMILES string of the molecule is Cl.O=C(c1ccc(=O)n(Cc2ccccc2Cl)c1)N1CCNCC1. The van der Waals surface area contributed by atoms with Gasteiger partial charge >= 0.3 is 0 Å². The maximum atomic E-state index is 12.5. The highest BCUT2D eigenvalue weighted by atomic mass is 35.5. The van der Waals surface area contributed by atoms with Crippen molar-refractivity contribution in [3.8, 4) is 0 Å². The van der Waals surface area contributed by atoms with Crippen molar-refractivity contribution in [1.82, 2.24) is 14.8 Å². The molecule has 1 amide bonds. The van der Waals surface area contributed by atoms with Gasteiger partial charge in [-0.15, -0.1) is 12.4 Å². The van der Waals surface area contributed by atoms with Crippen LogP contribution < -0.4 is 10.9 Å². The number of piperazine rings is 1. The molecular weight excluding hydrogens is 349 g/mol. The average Bonchev–Trinajstić information content (AvgIpc) is 2.59. The molecule has 2 aromatic rings. The molecule has 0 saturated carbocycles. The summed E-state index contributed by atoms with van der Waals surface area (Å²) < 4.78 is 1.52.